The molecule has 18 heavy (non-hydrogen) atoms. The van der Waals surface area contributed by atoms with Crippen molar-refractivity contribution in [2.75, 3.05) is 26.7 Å². The molecule has 0 aromatic heterocycles. The number of ether oxygens (including phenoxy) is 1. The lowest BCUT2D eigenvalue weighted by Crippen LogP contribution is -2.61. The molecule has 1 aliphatic rings. The fraction of sp³-hybridized carbons (Fsp3) is 0.692. The molecule has 0 spiro atoms. The molecule has 1 aliphatic heterocycles. The van der Waals surface area contributed by atoms with Gasteiger partial charge in [0.15, 0.2) is 0 Å². The van der Waals surface area contributed by atoms with E-state index >= 15 is 0 Å². The number of carbonyl (C=O) groups is 2. The van der Waals surface area contributed by atoms with E-state index in [4.69, 9.17) is 4.74 Å². The van der Waals surface area contributed by atoms with Crippen molar-refractivity contribution in [3.05, 3.63) is 11.6 Å². The van der Waals surface area contributed by atoms with E-state index < -0.39 is 5.54 Å². The molecule has 1 heterocycles. The topological polar surface area (TPSA) is 58.6 Å². The second-order valence-corrected chi connectivity index (χ2v) is 4.84. The van der Waals surface area contributed by atoms with Crippen LogP contribution in [0.1, 0.15) is 27.2 Å². The van der Waals surface area contributed by atoms with Crippen LogP contribution in [-0.4, -0.2) is 49.1 Å². The predicted molar refractivity (Wildman–Crippen MR) is 69.1 cm³/mol. The molecule has 0 aromatic rings. The average Bonchev–Trinajstić information content (AvgIpc) is 2.34. The molecule has 0 bridgehead atoms. The molecule has 5 nitrogen and oxygen atoms in total. The Labute approximate surface area is 108 Å². The highest BCUT2D eigenvalue weighted by Gasteiger charge is 2.36. The Morgan fingerprint density at radius 3 is 2.78 bits per heavy atom. The fourth-order valence-electron chi connectivity index (χ4n) is 1.99. The number of esters is 1. The van der Waals surface area contributed by atoms with Gasteiger partial charge in [-0.05, 0) is 20.3 Å². The summed E-state index contributed by atoms with van der Waals surface area (Å²) in [6.45, 7) is 7.71. The SMILES string of the molecule is CCC(=CCN1CCNC(=O)C1(C)C)C(=O)OC. The maximum Gasteiger partial charge on any atom is 0.333 e. The summed E-state index contributed by atoms with van der Waals surface area (Å²) in [7, 11) is 1.38. The summed E-state index contributed by atoms with van der Waals surface area (Å²) in [5.41, 5.74) is 0.114. The highest BCUT2D eigenvalue weighted by Crippen LogP contribution is 2.18. The number of amides is 1. The van der Waals surface area contributed by atoms with Gasteiger partial charge >= 0.3 is 5.97 Å². The van der Waals surface area contributed by atoms with E-state index in [1.165, 1.54) is 7.11 Å². The molecule has 0 saturated carbocycles. The molecule has 0 aliphatic carbocycles. The van der Waals surface area contributed by atoms with E-state index in [0.29, 0.717) is 25.1 Å². The minimum absolute atomic E-state index is 0.0262. The highest BCUT2D eigenvalue weighted by atomic mass is 16.5. The number of nitrogens with zero attached hydrogens (tertiary/aromatic N) is 1. The molecule has 0 unspecified atom stereocenters. The molecular formula is C13H22N2O3. The number of piperazine rings is 1. The molecule has 1 amide bonds. The Bertz CT molecular complexity index is 361. The Morgan fingerprint density at radius 2 is 2.22 bits per heavy atom. The second-order valence-electron chi connectivity index (χ2n) is 4.84. The maximum atomic E-state index is 11.8. The number of hydrogen-bond donors (Lipinski definition) is 1. The molecule has 0 radical (unpaired) electrons. The Kier molecular flexibility index (Phi) is 4.90. The van der Waals surface area contributed by atoms with Crippen LogP contribution in [0.25, 0.3) is 0 Å². The first-order valence-electron chi connectivity index (χ1n) is 6.24. The van der Waals surface area contributed by atoms with Gasteiger partial charge in [-0.3, -0.25) is 9.69 Å². The summed E-state index contributed by atoms with van der Waals surface area (Å²) in [4.78, 5) is 25.3. The Hall–Kier alpha value is -1.36. The lowest BCUT2D eigenvalue weighted by atomic mass is 9.98. The van der Waals surface area contributed by atoms with Gasteiger partial charge in [0.05, 0.1) is 12.6 Å². The van der Waals surface area contributed by atoms with E-state index in [-0.39, 0.29) is 11.9 Å². The summed E-state index contributed by atoms with van der Waals surface area (Å²) in [6.07, 6.45) is 2.49. The monoisotopic (exact) mass is 254 g/mol. The molecule has 1 N–H and O–H groups in total. The van der Waals surface area contributed by atoms with Crippen LogP contribution in [0.3, 0.4) is 0 Å². The summed E-state index contributed by atoms with van der Waals surface area (Å²) < 4.78 is 4.71. The molecule has 0 aromatic carbocycles. The largest absolute Gasteiger partial charge is 0.466 e. The minimum Gasteiger partial charge on any atom is -0.466 e. The fourth-order valence-corrected chi connectivity index (χ4v) is 1.99. The standard InChI is InChI=1S/C13H22N2O3/c1-5-10(11(16)18-4)6-8-15-9-7-14-12(17)13(15,2)3/h6H,5,7-9H2,1-4H3,(H,14,17). The van der Waals surface area contributed by atoms with Crippen molar-refractivity contribution in [2.24, 2.45) is 0 Å². The zero-order valence-corrected chi connectivity index (χ0v) is 11.6. The van der Waals surface area contributed by atoms with Gasteiger partial charge in [-0.1, -0.05) is 13.0 Å². The van der Waals surface area contributed by atoms with Gasteiger partial charge < -0.3 is 10.1 Å². The number of nitrogens with one attached hydrogen (secondary N) is 1. The summed E-state index contributed by atoms with van der Waals surface area (Å²) in [6, 6.07) is 0. The first-order chi connectivity index (χ1) is 8.43. The highest BCUT2D eigenvalue weighted by molar-refractivity contribution is 5.88. The van der Waals surface area contributed by atoms with E-state index in [0.717, 1.165) is 6.54 Å². The molecule has 1 rings (SSSR count). The van der Waals surface area contributed by atoms with Crippen molar-refractivity contribution in [2.45, 2.75) is 32.7 Å². The maximum absolute atomic E-state index is 11.8. The van der Waals surface area contributed by atoms with Crippen molar-refractivity contribution in [1.82, 2.24) is 10.2 Å². The third-order valence-electron chi connectivity index (χ3n) is 3.40. The molecular weight excluding hydrogens is 232 g/mol. The van der Waals surface area contributed by atoms with Crippen LogP contribution in [0.15, 0.2) is 11.6 Å². The van der Waals surface area contributed by atoms with Crippen LogP contribution in [0.2, 0.25) is 0 Å². The van der Waals surface area contributed by atoms with Crippen molar-refractivity contribution in [3.63, 3.8) is 0 Å². The lowest BCUT2D eigenvalue weighted by molar-refractivity contribution is -0.136. The van der Waals surface area contributed by atoms with Crippen molar-refractivity contribution in [3.8, 4) is 0 Å². The van der Waals surface area contributed by atoms with Gasteiger partial charge in [-0.25, -0.2) is 4.79 Å². The van der Waals surface area contributed by atoms with Crippen LogP contribution < -0.4 is 5.32 Å². The summed E-state index contributed by atoms with van der Waals surface area (Å²) in [5.74, 6) is -0.268. The predicted octanol–water partition coefficient (Wildman–Crippen LogP) is 0.706. The first kappa shape index (κ1) is 14.7. The van der Waals surface area contributed by atoms with Crippen LogP contribution in [-0.2, 0) is 14.3 Å². The zero-order valence-electron chi connectivity index (χ0n) is 11.6. The number of rotatable bonds is 4. The van der Waals surface area contributed by atoms with Crippen molar-refractivity contribution < 1.29 is 14.3 Å². The van der Waals surface area contributed by atoms with Gasteiger partial charge in [0.1, 0.15) is 0 Å². The molecule has 102 valence electrons. The first-order valence-corrected chi connectivity index (χ1v) is 6.24. The average molecular weight is 254 g/mol. The summed E-state index contributed by atoms with van der Waals surface area (Å²) >= 11 is 0. The van der Waals surface area contributed by atoms with Crippen molar-refractivity contribution in [1.29, 1.82) is 0 Å². The van der Waals surface area contributed by atoms with Gasteiger partial charge in [0, 0.05) is 25.2 Å². The lowest BCUT2D eigenvalue weighted by Gasteiger charge is -2.40. The summed E-state index contributed by atoms with van der Waals surface area (Å²) in [5, 5.41) is 2.84. The van der Waals surface area contributed by atoms with Crippen LogP contribution in [0.5, 0.6) is 0 Å². The quantitative estimate of drug-likeness (QED) is 0.593. The molecule has 5 heteroatoms. The minimum atomic E-state index is -0.538. The van der Waals surface area contributed by atoms with Crippen LogP contribution in [0, 0.1) is 0 Å². The molecule has 1 fully saturated rings. The Morgan fingerprint density at radius 1 is 1.56 bits per heavy atom. The van der Waals surface area contributed by atoms with Gasteiger partial charge in [0.25, 0.3) is 0 Å². The number of methoxy groups -OCH3 is 1. The molecule has 1 saturated heterocycles. The van der Waals surface area contributed by atoms with E-state index in [2.05, 4.69) is 10.2 Å². The zero-order chi connectivity index (χ0) is 13.8. The smallest absolute Gasteiger partial charge is 0.333 e. The van der Waals surface area contributed by atoms with Gasteiger partial charge in [-0.2, -0.15) is 0 Å². The van der Waals surface area contributed by atoms with Crippen LogP contribution in [0.4, 0.5) is 0 Å². The van der Waals surface area contributed by atoms with Crippen LogP contribution >= 0.6 is 0 Å². The molecule has 0 atom stereocenters. The van der Waals surface area contributed by atoms with Crippen molar-refractivity contribution >= 4 is 11.9 Å². The van der Waals surface area contributed by atoms with Gasteiger partial charge in [-0.15, -0.1) is 0 Å². The normalized spacial score (nSPS) is 20.4. The third kappa shape index (κ3) is 3.10. The Balaban J connectivity index is 2.74. The second kappa shape index (κ2) is 6.00. The third-order valence-corrected chi connectivity index (χ3v) is 3.40. The van der Waals surface area contributed by atoms with E-state index in [1.807, 2.05) is 26.8 Å². The van der Waals surface area contributed by atoms with E-state index in [1.54, 1.807) is 0 Å². The van der Waals surface area contributed by atoms with E-state index in [9.17, 15) is 9.59 Å². The van der Waals surface area contributed by atoms with Gasteiger partial charge in [0.2, 0.25) is 5.91 Å². The number of carbonyl (C=O) groups excluding carboxylic acids is 2. The number of hydrogen-bond acceptors (Lipinski definition) is 4.